The molecule has 1 amide bonds. The Hall–Kier alpha value is -5.97. The molecular formula is C31H23F4N9O. The zero-order valence-corrected chi connectivity index (χ0v) is 23.8. The van der Waals surface area contributed by atoms with E-state index in [0.29, 0.717) is 22.5 Å². The number of hydrogen-bond donors (Lipinski definition) is 2. The molecule has 0 bridgehead atoms. The fourth-order valence-electron chi connectivity index (χ4n) is 4.67. The molecule has 0 atom stereocenters. The summed E-state index contributed by atoms with van der Waals surface area (Å²) in [5.74, 6) is 4.23. The summed E-state index contributed by atoms with van der Waals surface area (Å²) in [4.78, 5) is 21.4. The second-order valence-corrected chi connectivity index (χ2v) is 10.1. The van der Waals surface area contributed by atoms with E-state index in [-0.39, 0.29) is 23.4 Å². The van der Waals surface area contributed by atoms with Crippen LogP contribution in [-0.2, 0) is 19.8 Å². The number of aryl methyl sites for hydroxylation is 2. The molecule has 0 aliphatic heterocycles. The zero-order chi connectivity index (χ0) is 31.7. The van der Waals surface area contributed by atoms with Crippen molar-refractivity contribution >= 4 is 28.6 Å². The number of amides is 1. The van der Waals surface area contributed by atoms with Gasteiger partial charge in [-0.15, -0.1) is 0 Å². The minimum absolute atomic E-state index is 0.0181. The highest BCUT2D eigenvalue weighted by Crippen LogP contribution is 2.32. The van der Waals surface area contributed by atoms with Crippen molar-refractivity contribution in [1.82, 2.24) is 33.9 Å². The van der Waals surface area contributed by atoms with E-state index in [4.69, 9.17) is 0 Å². The first-order valence-corrected chi connectivity index (χ1v) is 13.4. The minimum atomic E-state index is -4.68. The van der Waals surface area contributed by atoms with Gasteiger partial charge in [0.1, 0.15) is 24.2 Å². The van der Waals surface area contributed by atoms with Crippen molar-refractivity contribution in [2.24, 2.45) is 7.05 Å². The smallest absolute Gasteiger partial charge is 0.350 e. The maximum atomic E-state index is 15.0. The quantitative estimate of drug-likeness (QED) is 0.188. The van der Waals surface area contributed by atoms with Gasteiger partial charge >= 0.3 is 6.18 Å². The highest BCUT2D eigenvalue weighted by molar-refractivity contribution is 6.04. The maximum Gasteiger partial charge on any atom is 0.416 e. The number of pyridine rings is 1. The minimum Gasteiger partial charge on any atom is -0.350 e. The van der Waals surface area contributed by atoms with Gasteiger partial charge in [-0.3, -0.25) is 13.9 Å². The number of alkyl halides is 3. The van der Waals surface area contributed by atoms with Crippen molar-refractivity contribution in [3.8, 4) is 11.8 Å². The number of anilines is 3. The van der Waals surface area contributed by atoms with Crippen LogP contribution in [0.15, 0.2) is 79.9 Å². The molecule has 4 heterocycles. The van der Waals surface area contributed by atoms with Gasteiger partial charge in [0.2, 0.25) is 0 Å². The van der Waals surface area contributed by atoms with E-state index in [2.05, 4.69) is 42.6 Å². The highest BCUT2D eigenvalue weighted by atomic mass is 19.4. The molecule has 226 valence electrons. The maximum absolute atomic E-state index is 15.0. The molecule has 45 heavy (non-hydrogen) atoms. The second kappa shape index (κ2) is 11.6. The van der Waals surface area contributed by atoms with Crippen LogP contribution < -0.4 is 10.6 Å². The molecule has 0 aliphatic carbocycles. The first-order valence-electron chi connectivity index (χ1n) is 13.4. The number of benzene rings is 2. The molecule has 0 unspecified atom stereocenters. The molecule has 6 aromatic rings. The fourth-order valence-corrected chi connectivity index (χ4v) is 4.67. The van der Waals surface area contributed by atoms with Crippen molar-refractivity contribution in [2.45, 2.75) is 19.6 Å². The van der Waals surface area contributed by atoms with Gasteiger partial charge in [-0.1, -0.05) is 5.92 Å². The van der Waals surface area contributed by atoms with E-state index < -0.39 is 23.5 Å². The Balaban J connectivity index is 1.28. The molecule has 0 radical (unpaired) electrons. The Labute approximate surface area is 253 Å². The monoisotopic (exact) mass is 613 g/mol. The molecule has 2 N–H and O–H groups in total. The molecule has 6 rings (SSSR count). The van der Waals surface area contributed by atoms with Crippen LogP contribution in [0, 0.1) is 24.6 Å². The SMILES string of the molecule is Cc1cc(F)c(C(=O)Nc2cc(Cn3cncn3)cc(C(F)(F)F)c2)cc1C#Cc1cnc2c(Nc3cnn(C)c3)cccn12. The number of halogens is 4. The number of hydrogen-bond acceptors (Lipinski definition) is 6. The Morgan fingerprint density at radius 3 is 2.62 bits per heavy atom. The van der Waals surface area contributed by atoms with E-state index in [1.165, 1.54) is 29.5 Å². The Morgan fingerprint density at radius 1 is 1.04 bits per heavy atom. The molecule has 4 aromatic heterocycles. The molecular weight excluding hydrogens is 590 g/mol. The average molecular weight is 614 g/mol. The summed E-state index contributed by atoms with van der Waals surface area (Å²) < 4.78 is 60.7. The van der Waals surface area contributed by atoms with E-state index in [9.17, 15) is 22.4 Å². The summed E-state index contributed by atoms with van der Waals surface area (Å²) >= 11 is 0. The van der Waals surface area contributed by atoms with Gasteiger partial charge in [0.05, 0.1) is 41.4 Å². The number of carbonyl (C=O) groups is 1. The van der Waals surface area contributed by atoms with Crippen molar-refractivity contribution < 1.29 is 22.4 Å². The van der Waals surface area contributed by atoms with Gasteiger partial charge in [0, 0.05) is 30.7 Å². The molecule has 0 saturated carbocycles. The largest absolute Gasteiger partial charge is 0.416 e. The van der Waals surface area contributed by atoms with Gasteiger partial charge in [0.25, 0.3) is 5.91 Å². The topological polar surface area (TPSA) is 107 Å². The molecule has 0 fully saturated rings. The lowest BCUT2D eigenvalue weighted by Gasteiger charge is -2.14. The first-order chi connectivity index (χ1) is 21.5. The summed E-state index contributed by atoms with van der Waals surface area (Å²) in [6.45, 7) is 1.62. The normalized spacial score (nSPS) is 11.3. The Bertz CT molecular complexity index is 2100. The predicted octanol–water partition coefficient (Wildman–Crippen LogP) is 5.57. The van der Waals surface area contributed by atoms with Crippen LogP contribution >= 0.6 is 0 Å². The lowest BCUT2D eigenvalue weighted by molar-refractivity contribution is -0.137. The van der Waals surface area contributed by atoms with Crippen LogP contribution in [0.3, 0.4) is 0 Å². The van der Waals surface area contributed by atoms with Crippen molar-refractivity contribution in [3.05, 3.63) is 119 Å². The fraction of sp³-hybridized carbons (Fsp3) is 0.129. The van der Waals surface area contributed by atoms with Crippen molar-refractivity contribution in [3.63, 3.8) is 0 Å². The van der Waals surface area contributed by atoms with E-state index in [1.54, 1.807) is 34.6 Å². The Morgan fingerprint density at radius 2 is 1.89 bits per heavy atom. The summed E-state index contributed by atoms with van der Waals surface area (Å²) in [6, 6.07) is 9.23. The third-order valence-electron chi connectivity index (χ3n) is 6.79. The molecule has 10 nitrogen and oxygen atoms in total. The number of carbonyl (C=O) groups excluding carboxylic acids is 1. The van der Waals surface area contributed by atoms with Crippen molar-refractivity contribution in [1.29, 1.82) is 0 Å². The van der Waals surface area contributed by atoms with Gasteiger partial charge in [-0.05, 0) is 66.4 Å². The summed E-state index contributed by atoms with van der Waals surface area (Å²) in [7, 11) is 1.81. The number of nitrogens with one attached hydrogen (secondary N) is 2. The number of aromatic nitrogens is 7. The first kappa shape index (κ1) is 29.1. The molecule has 0 spiro atoms. The van der Waals surface area contributed by atoms with Crippen LogP contribution in [0.2, 0.25) is 0 Å². The lowest BCUT2D eigenvalue weighted by Crippen LogP contribution is -2.16. The number of fused-ring (bicyclic) bond motifs is 1. The molecule has 0 aliphatic rings. The standard InChI is InChI=1S/C31H23F4N9O/c1-19-8-27(32)26(30(45)41-23-10-20(15-43-18-36-17-39-43)9-22(12-23)31(33,34)35)11-21(19)5-6-25-14-37-29-28(4-3-7-44(25)29)40-24-13-38-42(2)16-24/h3-4,7-14,16-18,40H,15H2,1-2H3,(H,41,45). The lowest BCUT2D eigenvalue weighted by atomic mass is 10.0. The third-order valence-corrected chi connectivity index (χ3v) is 6.79. The zero-order valence-electron chi connectivity index (χ0n) is 23.8. The van der Waals surface area contributed by atoms with Crippen LogP contribution in [0.5, 0.6) is 0 Å². The second-order valence-electron chi connectivity index (χ2n) is 10.1. The van der Waals surface area contributed by atoms with Crippen LogP contribution in [0.25, 0.3) is 5.65 Å². The van der Waals surface area contributed by atoms with Gasteiger partial charge < -0.3 is 10.6 Å². The van der Waals surface area contributed by atoms with Crippen LogP contribution in [-0.4, -0.2) is 39.8 Å². The predicted molar refractivity (Wildman–Crippen MR) is 157 cm³/mol. The van der Waals surface area contributed by atoms with E-state index >= 15 is 0 Å². The van der Waals surface area contributed by atoms with Crippen LogP contribution in [0.4, 0.5) is 34.6 Å². The molecule has 14 heteroatoms. The summed E-state index contributed by atoms with van der Waals surface area (Å²) in [6.07, 6.45) is 4.82. The summed E-state index contributed by atoms with van der Waals surface area (Å²) in [5.41, 5.74) is 2.21. The average Bonchev–Trinajstić information content (AvgIpc) is 3.74. The van der Waals surface area contributed by atoms with Gasteiger partial charge in [0.15, 0.2) is 5.65 Å². The van der Waals surface area contributed by atoms with E-state index in [1.807, 2.05) is 25.4 Å². The molecule has 2 aromatic carbocycles. The summed E-state index contributed by atoms with van der Waals surface area (Å²) in [5, 5.41) is 13.7. The molecule has 0 saturated heterocycles. The third kappa shape index (κ3) is 6.37. The van der Waals surface area contributed by atoms with E-state index in [0.717, 1.165) is 29.6 Å². The van der Waals surface area contributed by atoms with Crippen LogP contribution in [0.1, 0.15) is 38.3 Å². The highest BCUT2D eigenvalue weighted by Gasteiger charge is 2.31. The number of imidazole rings is 1. The van der Waals surface area contributed by atoms with Gasteiger partial charge in [-0.2, -0.15) is 23.4 Å². The van der Waals surface area contributed by atoms with Crippen molar-refractivity contribution in [2.75, 3.05) is 10.6 Å². The number of nitrogens with zero attached hydrogens (tertiary/aromatic N) is 7. The number of rotatable bonds is 6. The Kier molecular flexibility index (Phi) is 7.51. The van der Waals surface area contributed by atoms with Gasteiger partial charge in [-0.25, -0.2) is 19.0 Å².